The zero-order chi connectivity index (χ0) is 24.5. The first-order valence-electron chi connectivity index (χ1n) is 12.1. The highest BCUT2D eigenvalue weighted by Gasteiger charge is 2.36. The molecule has 4 aromatic rings. The van der Waals surface area contributed by atoms with Crippen molar-refractivity contribution < 1.29 is 14.0 Å². The SMILES string of the molecule is O=C(c1cccc2ccccc12)N1CCN(CC(=O)N2N=C(c3cccs3)CC2c2ccco2)CC1. The van der Waals surface area contributed by atoms with Crippen molar-refractivity contribution in [1.82, 2.24) is 14.8 Å². The van der Waals surface area contributed by atoms with Gasteiger partial charge in [-0.2, -0.15) is 5.10 Å². The third-order valence-electron chi connectivity index (χ3n) is 6.88. The predicted molar refractivity (Wildman–Crippen MR) is 140 cm³/mol. The van der Waals surface area contributed by atoms with Crippen LogP contribution in [-0.4, -0.2) is 65.1 Å². The molecule has 1 saturated heterocycles. The van der Waals surface area contributed by atoms with Gasteiger partial charge in [0.2, 0.25) is 0 Å². The van der Waals surface area contributed by atoms with Crippen LogP contribution in [0.15, 0.2) is 87.9 Å². The Bertz CT molecular complexity index is 1400. The van der Waals surface area contributed by atoms with Crippen molar-refractivity contribution in [1.29, 1.82) is 0 Å². The van der Waals surface area contributed by atoms with Gasteiger partial charge in [0.15, 0.2) is 0 Å². The molecule has 182 valence electrons. The summed E-state index contributed by atoms with van der Waals surface area (Å²) in [6.45, 7) is 2.71. The minimum atomic E-state index is -0.237. The number of nitrogens with zero attached hydrogens (tertiary/aromatic N) is 4. The molecule has 2 aromatic carbocycles. The summed E-state index contributed by atoms with van der Waals surface area (Å²) in [7, 11) is 0. The van der Waals surface area contributed by atoms with Crippen LogP contribution in [0.4, 0.5) is 0 Å². The number of hydrogen-bond donors (Lipinski definition) is 0. The molecule has 1 atom stereocenters. The number of carbonyl (C=O) groups is 2. The fourth-order valence-corrected chi connectivity index (χ4v) is 5.71. The maximum absolute atomic E-state index is 13.4. The Morgan fingerprint density at radius 1 is 0.944 bits per heavy atom. The quantitative estimate of drug-likeness (QED) is 0.402. The average molecular weight is 499 g/mol. The molecule has 7 nitrogen and oxygen atoms in total. The molecule has 0 N–H and O–H groups in total. The van der Waals surface area contributed by atoms with E-state index in [1.54, 1.807) is 22.6 Å². The van der Waals surface area contributed by atoms with Crippen LogP contribution >= 0.6 is 11.3 Å². The zero-order valence-electron chi connectivity index (χ0n) is 19.7. The van der Waals surface area contributed by atoms with Crippen molar-refractivity contribution in [2.24, 2.45) is 5.10 Å². The van der Waals surface area contributed by atoms with Crippen molar-refractivity contribution in [3.8, 4) is 0 Å². The molecule has 2 aliphatic heterocycles. The maximum Gasteiger partial charge on any atom is 0.257 e. The molecule has 0 saturated carbocycles. The van der Waals surface area contributed by atoms with Gasteiger partial charge in [0.05, 0.1) is 23.4 Å². The predicted octanol–water partition coefficient (Wildman–Crippen LogP) is 4.63. The number of benzene rings is 2. The summed E-state index contributed by atoms with van der Waals surface area (Å²) in [5.41, 5.74) is 1.64. The molecule has 4 heterocycles. The van der Waals surface area contributed by atoms with Gasteiger partial charge >= 0.3 is 0 Å². The van der Waals surface area contributed by atoms with Gasteiger partial charge in [0.1, 0.15) is 11.8 Å². The van der Waals surface area contributed by atoms with Crippen LogP contribution in [0.3, 0.4) is 0 Å². The molecule has 2 aliphatic rings. The lowest BCUT2D eigenvalue weighted by atomic mass is 10.0. The van der Waals surface area contributed by atoms with E-state index < -0.39 is 0 Å². The van der Waals surface area contributed by atoms with Crippen molar-refractivity contribution in [2.75, 3.05) is 32.7 Å². The molecule has 1 fully saturated rings. The maximum atomic E-state index is 13.4. The van der Waals surface area contributed by atoms with E-state index in [1.807, 2.05) is 77.0 Å². The lowest BCUT2D eigenvalue weighted by Crippen LogP contribution is -2.51. The van der Waals surface area contributed by atoms with Gasteiger partial charge in [-0.05, 0) is 40.4 Å². The number of carbonyl (C=O) groups excluding carboxylic acids is 2. The van der Waals surface area contributed by atoms with Gasteiger partial charge < -0.3 is 9.32 Å². The fraction of sp³-hybridized carbons (Fsp3) is 0.250. The van der Waals surface area contributed by atoms with Crippen LogP contribution < -0.4 is 0 Å². The van der Waals surface area contributed by atoms with Crippen molar-refractivity contribution in [3.05, 3.63) is 94.6 Å². The van der Waals surface area contributed by atoms with E-state index >= 15 is 0 Å². The van der Waals surface area contributed by atoms with E-state index in [-0.39, 0.29) is 24.4 Å². The van der Waals surface area contributed by atoms with Crippen LogP contribution in [0.2, 0.25) is 0 Å². The van der Waals surface area contributed by atoms with Crippen molar-refractivity contribution in [3.63, 3.8) is 0 Å². The lowest BCUT2D eigenvalue weighted by Gasteiger charge is -2.35. The van der Waals surface area contributed by atoms with Gasteiger partial charge in [0, 0.05) is 38.2 Å². The molecule has 0 radical (unpaired) electrons. The Kier molecular flexibility index (Phi) is 6.13. The molecular formula is C28H26N4O3S. The Hall–Kier alpha value is -3.75. The standard InChI is InChI=1S/C28H26N4O3S/c33-27(32-24(25-10-4-16-35-25)18-23(29-32)26-11-5-17-36-26)19-30-12-14-31(15-13-30)28(34)22-9-3-7-20-6-1-2-8-21(20)22/h1-11,16-17,24H,12-15,18-19H2. The number of hydrazone groups is 1. The van der Waals surface area contributed by atoms with Gasteiger partial charge in [-0.1, -0.05) is 42.5 Å². The molecule has 2 aromatic heterocycles. The van der Waals surface area contributed by atoms with E-state index in [2.05, 4.69) is 4.90 Å². The second-order valence-electron chi connectivity index (χ2n) is 9.09. The first-order chi connectivity index (χ1) is 17.7. The van der Waals surface area contributed by atoms with E-state index in [0.29, 0.717) is 32.6 Å². The van der Waals surface area contributed by atoms with Crippen molar-refractivity contribution in [2.45, 2.75) is 12.5 Å². The molecule has 0 aliphatic carbocycles. The average Bonchev–Trinajstić information content (AvgIpc) is 3.69. The number of piperazine rings is 1. The van der Waals surface area contributed by atoms with Gasteiger partial charge in [-0.15, -0.1) is 11.3 Å². The fourth-order valence-electron chi connectivity index (χ4n) is 4.99. The number of furan rings is 1. The van der Waals surface area contributed by atoms with Crippen molar-refractivity contribution >= 4 is 39.6 Å². The zero-order valence-corrected chi connectivity index (χ0v) is 20.6. The van der Waals surface area contributed by atoms with Gasteiger partial charge in [0.25, 0.3) is 11.8 Å². The Labute approximate surface area is 213 Å². The summed E-state index contributed by atoms with van der Waals surface area (Å²) in [6, 6.07) is 21.3. The Morgan fingerprint density at radius 3 is 2.56 bits per heavy atom. The van der Waals surface area contributed by atoms with Gasteiger partial charge in [-0.3, -0.25) is 14.5 Å². The van der Waals surface area contributed by atoms with Crippen LogP contribution in [0.25, 0.3) is 10.8 Å². The largest absolute Gasteiger partial charge is 0.467 e. The molecule has 0 bridgehead atoms. The smallest absolute Gasteiger partial charge is 0.257 e. The number of amides is 2. The topological polar surface area (TPSA) is 69.4 Å². The summed E-state index contributed by atoms with van der Waals surface area (Å²) in [6.07, 6.45) is 2.26. The monoisotopic (exact) mass is 498 g/mol. The molecule has 8 heteroatoms. The minimum absolute atomic E-state index is 0.0420. The molecule has 2 amide bonds. The molecule has 6 rings (SSSR count). The highest BCUT2D eigenvalue weighted by molar-refractivity contribution is 7.12. The van der Waals surface area contributed by atoms with Gasteiger partial charge in [-0.25, -0.2) is 5.01 Å². The third kappa shape index (κ3) is 4.34. The second-order valence-corrected chi connectivity index (χ2v) is 10.0. The number of fused-ring (bicyclic) bond motifs is 1. The number of rotatable bonds is 5. The first-order valence-corrected chi connectivity index (χ1v) is 13.0. The summed E-state index contributed by atoms with van der Waals surface area (Å²) in [5.74, 6) is 0.723. The van der Waals surface area contributed by atoms with Crippen LogP contribution in [0, 0.1) is 0 Å². The van der Waals surface area contributed by atoms with E-state index in [1.165, 1.54) is 0 Å². The first kappa shape index (κ1) is 22.7. The molecule has 36 heavy (non-hydrogen) atoms. The Balaban J connectivity index is 1.12. The van der Waals surface area contributed by atoms with Crippen LogP contribution in [-0.2, 0) is 4.79 Å². The lowest BCUT2D eigenvalue weighted by molar-refractivity contribution is -0.134. The number of thiophene rings is 1. The second kappa shape index (κ2) is 9.72. The van der Waals surface area contributed by atoms with E-state index in [4.69, 9.17) is 9.52 Å². The highest BCUT2D eigenvalue weighted by Crippen LogP contribution is 2.34. The molecular weight excluding hydrogens is 472 g/mol. The summed E-state index contributed by atoms with van der Waals surface area (Å²) in [4.78, 5) is 31.7. The van der Waals surface area contributed by atoms with E-state index in [0.717, 1.165) is 32.7 Å². The third-order valence-corrected chi connectivity index (χ3v) is 7.80. The van der Waals surface area contributed by atoms with Crippen LogP contribution in [0.5, 0.6) is 0 Å². The van der Waals surface area contributed by atoms with Crippen LogP contribution in [0.1, 0.15) is 33.5 Å². The summed E-state index contributed by atoms with van der Waals surface area (Å²) in [5, 5.41) is 10.3. The Morgan fingerprint density at radius 2 is 1.78 bits per heavy atom. The number of hydrogen-bond acceptors (Lipinski definition) is 6. The molecule has 0 spiro atoms. The normalized spacial score (nSPS) is 18.6. The molecule has 1 unspecified atom stereocenters. The summed E-state index contributed by atoms with van der Waals surface area (Å²) < 4.78 is 5.64. The highest BCUT2D eigenvalue weighted by atomic mass is 32.1. The minimum Gasteiger partial charge on any atom is -0.467 e. The van der Waals surface area contributed by atoms with E-state index in [9.17, 15) is 9.59 Å². The summed E-state index contributed by atoms with van der Waals surface area (Å²) >= 11 is 1.62.